The lowest BCUT2D eigenvalue weighted by Crippen LogP contribution is -2.48. The quantitative estimate of drug-likeness (QED) is 0.790. The monoisotopic (exact) mass is 342 g/mol. The molecule has 128 valence electrons. The second kappa shape index (κ2) is 6.58. The van der Waals surface area contributed by atoms with Crippen LogP contribution in [0.5, 0.6) is 0 Å². The summed E-state index contributed by atoms with van der Waals surface area (Å²) in [4.78, 5) is 13.2. The molecular formula is C22H18N2O2. The van der Waals surface area contributed by atoms with E-state index in [0.29, 0.717) is 11.4 Å². The summed E-state index contributed by atoms with van der Waals surface area (Å²) in [5, 5.41) is 17.2. The Morgan fingerprint density at radius 1 is 0.808 bits per heavy atom. The van der Waals surface area contributed by atoms with Crippen LogP contribution in [0.3, 0.4) is 0 Å². The second-order valence-electron chi connectivity index (χ2n) is 6.29. The number of aliphatic hydroxyl groups is 1. The minimum absolute atomic E-state index is 0.170. The summed E-state index contributed by atoms with van der Waals surface area (Å²) in [7, 11) is 0. The van der Waals surface area contributed by atoms with Crippen molar-refractivity contribution in [1.29, 1.82) is 0 Å². The molecule has 0 spiro atoms. The summed E-state index contributed by atoms with van der Waals surface area (Å²) in [6.07, 6.45) is 0.170. The SMILES string of the molecule is O=C1N(c2ccccc2)N=C(c2ccccc2)[C@@]1(O)Cc1ccccc1. The average Bonchev–Trinajstić information content (AvgIpc) is 2.95. The highest BCUT2D eigenvalue weighted by atomic mass is 16.3. The summed E-state index contributed by atoms with van der Waals surface area (Å²) < 4.78 is 0. The minimum atomic E-state index is -1.71. The smallest absolute Gasteiger partial charge is 0.286 e. The number of amides is 1. The van der Waals surface area contributed by atoms with Crippen molar-refractivity contribution in [2.24, 2.45) is 5.10 Å². The van der Waals surface area contributed by atoms with Crippen LogP contribution in [0.4, 0.5) is 5.69 Å². The largest absolute Gasteiger partial charge is 0.374 e. The van der Waals surface area contributed by atoms with Gasteiger partial charge < -0.3 is 5.11 Å². The van der Waals surface area contributed by atoms with Crippen molar-refractivity contribution in [2.45, 2.75) is 12.0 Å². The van der Waals surface area contributed by atoms with E-state index in [-0.39, 0.29) is 6.42 Å². The van der Waals surface area contributed by atoms with Gasteiger partial charge in [-0.1, -0.05) is 78.9 Å². The normalized spacial score (nSPS) is 19.5. The van der Waals surface area contributed by atoms with E-state index in [2.05, 4.69) is 5.10 Å². The Bertz CT molecular complexity index is 940. The first-order valence-electron chi connectivity index (χ1n) is 8.49. The Kier molecular flexibility index (Phi) is 4.11. The van der Waals surface area contributed by atoms with Crippen molar-refractivity contribution in [2.75, 3.05) is 5.01 Å². The van der Waals surface area contributed by atoms with Crippen LogP contribution in [-0.4, -0.2) is 22.3 Å². The predicted molar refractivity (Wildman–Crippen MR) is 102 cm³/mol. The molecule has 1 aliphatic rings. The third-order valence-electron chi connectivity index (χ3n) is 4.49. The Hall–Kier alpha value is -3.24. The van der Waals surface area contributed by atoms with Gasteiger partial charge in [0, 0.05) is 12.0 Å². The number of hydrogen-bond acceptors (Lipinski definition) is 3. The molecule has 0 bridgehead atoms. The van der Waals surface area contributed by atoms with Crippen LogP contribution in [0.25, 0.3) is 0 Å². The van der Waals surface area contributed by atoms with Crippen LogP contribution in [0.2, 0.25) is 0 Å². The third kappa shape index (κ3) is 2.80. The summed E-state index contributed by atoms with van der Waals surface area (Å²) in [5.74, 6) is -0.439. The number of para-hydroxylation sites is 1. The molecule has 4 nitrogen and oxygen atoms in total. The zero-order chi connectivity index (χ0) is 18.0. The average molecular weight is 342 g/mol. The van der Waals surface area contributed by atoms with Crippen LogP contribution in [0, 0.1) is 0 Å². The Morgan fingerprint density at radius 3 is 1.96 bits per heavy atom. The van der Waals surface area contributed by atoms with Crippen molar-refractivity contribution in [1.82, 2.24) is 0 Å². The molecule has 3 aromatic rings. The lowest BCUT2D eigenvalue weighted by molar-refractivity contribution is -0.129. The van der Waals surface area contributed by atoms with E-state index in [1.165, 1.54) is 5.01 Å². The number of rotatable bonds is 4. The van der Waals surface area contributed by atoms with Gasteiger partial charge in [-0.3, -0.25) is 4.79 Å². The third-order valence-corrected chi connectivity index (χ3v) is 4.49. The van der Waals surface area contributed by atoms with Crippen LogP contribution >= 0.6 is 0 Å². The van der Waals surface area contributed by atoms with Crippen LogP contribution in [0.15, 0.2) is 96.1 Å². The minimum Gasteiger partial charge on any atom is -0.374 e. The topological polar surface area (TPSA) is 52.9 Å². The van der Waals surface area contributed by atoms with Crippen molar-refractivity contribution >= 4 is 17.3 Å². The van der Waals surface area contributed by atoms with Gasteiger partial charge in [0.1, 0.15) is 5.71 Å². The predicted octanol–water partition coefficient (Wildman–Crippen LogP) is 3.41. The molecule has 1 aliphatic heterocycles. The highest BCUT2D eigenvalue weighted by Crippen LogP contribution is 2.32. The zero-order valence-electron chi connectivity index (χ0n) is 14.1. The van der Waals surface area contributed by atoms with Crippen molar-refractivity contribution in [3.8, 4) is 0 Å². The van der Waals surface area contributed by atoms with E-state index < -0.39 is 11.5 Å². The first-order valence-corrected chi connectivity index (χ1v) is 8.49. The molecule has 3 aromatic carbocycles. The lowest BCUT2D eigenvalue weighted by atomic mass is 9.86. The molecule has 4 rings (SSSR count). The zero-order valence-corrected chi connectivity index (χ0v) is 14.1. The number of carbonyl (C=O) groups is 1. The van der Waals surface area contributed by atoms with Crippen molar-refractivity contribution in [3.63, 3.8) is 0 Å². The number of benzene rings is 3. The maximum absolute atomic E-state index is 13.2. The van der Waals surface area contributed by atoms with Gasteiger partial charge in [-0.05, 0) is 17.7 Å². The van der Waals surface area contributed by atoms with E-state index in [9.17, 15) is 9.90 Å². The highest BCUT2D eigenvalue weighted by molar-refractivity contribution is 6.27. The van der Waals surface area contributed by atoms with Crippen molar-refractivity contribution in [3.05, 3.63) is 102 Å². The number of nitrogens with zero attached hydrogens (tertiary/aromatic N) is 2. The van der Waals surface area contributed by atoms with E-state index in [1.807, 2.05) is 78.9 Å². The highest BCUT2D eigenvalue weighted by Gasteiger charge is 2.50. The molecule has 0 saturated carbocycles. The van der Waals surface area contributed by atoms with Gasteiger partial charge in [-0.15, -0.1) is 0 Å². The maximum atomic E-state index is 13.2. The van der Waals surface area contributed by atoms with E-state index in [1.54, 1.807) is 12.1 Å². The van der Waals surface area contributed by atoms with Gasteiger partial charge in [0.2, 0.25) is 0 Å². The summed E-state index contributed by atoms with van der Waals surface area (Å²) in [6, 6.07) is 28.0. The summed E-state index contributed by atoms with van der Waals surface area (Å²) >= 11 is 0. The second-order valence-corrected chi connectivity index (χ2v) is 6.29. The molecule has 4 heteroatoms. The number of hydrogen-bond donors (Lipinski definition) is 1. The summed E-state index contributed by atoms with van der Waals surface area (Å²) in [6.45, 7) is 0. The number of hydrazone groups is 1. The Balaban J connectivity index is 1.80. The van der Waals surface area contributed by atoms with E-state index in [4.69, 9.17) is 0 Å². The molecule has 1 heterocycles. The summed E-state index contributed by atoms with van der Waals surface area (Å²) in [5.41, 5.74) is 0.906. The Morgan fingerprint density at radius 2 is 1.35 bits per heavy atom. The molecular weight excluding hydrogens is 324 g/mol. The van der Waals surface area contributed by atoms with Gasteiger partial charge in [0.15, 0.2) is 5.60 Å². The molecule has 1 amide bonds. The van der Waals surface area contributed by atoms with Gasteiger partial charge in [-0.25, -0.2) is 0 Å². The maximum Gasteiger partial charge on any atom is 0.286 e. The van der Waals surface area contributed by atoms with Crippen LogP contribution < -0.4 is 5.01 Å². The molecule has 1 atom stereocenters. The molecule has 0 saturated heterocycles. The molecule has 0 radical (unpaired) electrons. The standard InChI is InChI=1S/C22H18N2O2/c25-21-22(26,16-17-10-4-1-5-11-17)20(18-12-6-2-7-13-18)23-24(21)19-14-8-3-9-15-19/h1-15,26H,16H2/t22-/m0/s1. The lowest BCUT2D eigenvalue weighted by Gasteiger charge is -2.23. The molecule has 0 unspecified atom stereocenters. The van der Waals surface area contributed by atoms with Crippen LogP contribution in [0.1, 0.15) is 11.1 Å². The van der Waals surface area contributed by atoms with Gasteiger partial charge >= 0.3 is 0 Å². The molecule has 0 fully saturated rings. The van der Waals surface area contributed by atoms with Crippen LogP contribution in [-0.2, 0) is 11.2 Å². The fourth-order valence-electron chi connectivity index (χ4n) is 3.19. The first kappa shape index (κ1) is 16.2. The van der Waals surface area contributed by atoms with E-state index >= 15 is 0 Å². The first-order chi connectivity index (χ1) is 12.7. The van der Waals surface area contributed by atoms with Crippen molar-refractivity contribution < 1.29 is 9.90 Å². The number of anilines is 1. The Labute approximate surface area is 152 Å². The number of carbonyl (C=O) groups excluding carboxylic acids is 1. The molecule has 26 heavy (non-hydrogen) atoms. The van der Waals surface area contributed by atoms with Gasteiger partial charge in [-0.2, -0.15) is 10.1 Å². The fourth-order valence-corrected chi connectivity index (χ4v) is 3.19. The van der Waals surface area contributed by atoms with Gasteiger partial charge in [0.05, 0.1) is 5.69 Å². The molecule has 0 aromatic heterocycles. The molecule has 1 N–H and O–H groups in total. The van der Waals surface area contributed by atoms with Gasteiger partial charge in [0.25, 0.3) is 5.91 Å². The van der Waals surface area contributed by atoms with E-state index in [0.717, 1.165) is 11.1 Å². The molecule has 0 aliphatic carbocycles. The fraction of sp³-hybridized carbons (Fsp3) is 0.0909.